The number of fused-ring (bicyclic) bond motifs is 4. The summed E-state index contributed by atoms with van der Waals surface area (Å²) >= 11 is 0. The summed E-state index contributed by atoms with van der Waals surface area (Å²) in [4.78, 5) is 0. The van der Waals surface area contributed by atoms with Crippen molar-refractivity contribution in [2.24, 2.45) is 0 Å². The first-order valence-electron chi connectivity index (χ1n) is 18.0. The van der Waals surface area contributed by atoms with Gasteiger partial charge in [-0.3, -0.25) is 0 Å². The molecule has 8 rings (SSSR count). The summed E-state index contributed by atoms with van der Waals surface area (Å²) in [6, 6.07) is 58.6. The molecule has 0 aromatic heterocycles. The predicted octanol–water partition coefficient (Wildman–Crippen LogP) is 14.5. The van der Waals surface area contributed by atoms with Crippen LogP contribution < -0.4 is 0 Å². The highest BCUT2D eigenvalue weighted by Crippen LogP contribution is 2.44. The Kier molecular flexibility index (Phi) is 8.54. The molecule has 238 valence electrons. The van der Waals surface area contributed by atoms with Crippen LogP contribution in [0.3, 0.4) is 0 Å². The van der Waals surface area contributed by atoms with Crippen molar-refractivity contribution >= 4 is 54.2 Å². The minimum atomic E-state index is 1.04. The summed E-state index contributed by atoms with van der Waals surface area (Å²) < 4.78 is 0. The van der Waals surface area contributed by atoms with Crippen LogP contribution in [0.2, 0.25) is 0 Å². The van der Waals surface area contributed by atoms with E-state index in [4.69, 9.17) is 0 Å². The first-order valence-corrected chi connectivity index (χ1v) is 18.0. The molecule has 0 aliphatic rings. The predicted molar refractivity (Wildman–Crippen MR) is 215 cm³/mol. The van der Waals surface area contributed by atoms with E-state index in [1.165, 1.54) is 87.6 Å². The zero-order valence-corrected chi connectivity index (χ0v) is 28.5. The number of benzene rings is 8. The molecule has 0 radical (unpaired) electrons. The Labute approximate surface area is 290 Å². The highest BCUT2D eigenvalue weighted by molar-refractivity contribution is 6.13. The molecule has 0 saturated carbocycles. The maximum Gasteiger partial charge on any atom is -0.00987 e. The van der Waals surface area contributed by atoms with Gasteiger partial charge >= 0.3 is 0 Å². The lowest BCUT2D eigenvalue weighted by Crippen LogP contribution is -1.98. The summed E-state index contributed by atoms with van der Waals surface area (Å²) in [5.41, 5.74) is 10.9. The van der Waals surface area contributed by atoms with E-state index in [-0.39, 0.29) is 0 Å². The molecule has 8 aromatic carbocycles. The second kappa shape index (κ2) is 13.6. The molecule has 49 heavy (non-hydrogen) atoms. The third-order valence-corrected chi connectivity index (χ3v) is 10.3. The average Bonchev–Trinajstić information content (AvgIpc) is 3.17. The zero-order valence-electron chi connectivity index (χ0n) is 28.5. The first-order chi connectivity index (χ1) is 24.3. The lowest BCUT2D eigenvalue weighted by molar-refractivity contribution is 0.823. The Bertz CT molecular complexity index is 2480. The van der Waals surface area contributed by atoms with Crippen molar-refractivity contribution in [2.45, 2.75) is 46.0 Å². The van der Waals surface area contributed by atoms with Crippen molar-refractivity contribution in [3.8, 4) is 22.3 Å². The van der Waals surface area contributed by atoms with Gasteiger partial charge in [-0.05, 0) is 107 Å². The van der Waals surface area contributed by atoms with E-state index in [1.54, 1.807) is 0 Å². The Hall–Kier alpha value is -5.46. The van der Waals surface area contributed by atoms with Gasteiger partial charge in [0.1, 0.15) is 0 Å². The molecule has 0 aliphatic carbocycles. The first kappa shape index (κ1) is 30.8. The van der Waals surface area contributed by atoms with Crippen molar-refractivity contribution in [1.29, 1.82) is 0 Å². The van der Waals surface area contributed by atoms with Crippen LogP contribution in [0, 0.1) is 0 Å². The highest BCUT2D eigenvalue weighted by Gasteiger charge is 2.19. The van der Waals surface area contributed by atoms with Crippen molar-refractivity contribution in [3.63, 3.8) is 0 Å². The fourth-order valence-corrected chi connectivity index (χ4v) is 8.01. The maximum absolute atomic E-state index is 2.42. The fourth-order valence-electron chi connectivity index (χ4n) is 8.01. The van der Waals surface area contributed by atoms with Crippen LogP contribution >= 0.6 is 0 Å². The minimum Gasteiger partial charge on any atom is -0.0654 e. The molecule has 0 N–H and O–H groups in total. The molecule has 0 bridgehead atoms. The van der Waals surface area contributed by atoms with E-state index in [1.807, 2.05) is 0 Å². The summed E-state index contributed by atoms with van der Waals surface area (Å²) in [5.74, 6) is 0. The zero-order chi connectivity index (χ0) is 33.2. The topological polar surface area (TPSA) is 0 Å². The van der Waals surface area contributed by atoms with Crippen molar-refractivity contribution in [3.05, 3.63) is 169 Å². The molecule has 0 aliphatic heterocycles. The van der Waals surface area contributed by atoms with Crippen LogP contribution in [0.1, 0.15) is 57.1 Å². The van der Waals surface area contributed by atoms with Crippen LogP contribution in [-0.2, 0) is 0 Å². The molecule has 0 unspecified atom stereocenters. The summed E-state index contributed by atoms with van der Waals surface area (Å²) in [7, 11) is 0. The van der Waals surface area contributed by atoms with Gasteiger partial charge in [0.25, 0.3) is 0 Å². The van der Waals surface area contributed by atoms with Gasteiger partial charge in [-0.1, -0.05) is 184 Å². The lowest BCUT2D eigenvalue weighted by Gasteiger charge is -2.22. The molecule has 0 fully saturated rings. The summed E-state index contributed by atoms with van der Waals surface area (Å²) in [6.07, 6.45) is 5.51. The number of hydrogen-bond donors (Lipinski definition) is 0. The molecule has 0 heterocycles. The van der Waals surface area contributed by atoms with E-state index < -0.39 is 0 Å². The fraction of sp³-hybridized carbons (Fsp3) is 0.143. The van der Waals surface area contributed by atoms with Gasteiger partial charge in [0.05, 0.1) is 0 Å². The van der Waals surface area contributed by atoms with E-state index in [0.29, 0.717) is 0 Å². The van der Waals surface area contributed by atoms with Crippen LogP contribution in [0.4, 0.5) is 0 Å². The van der Waals surface area contributed by atoms with Gasteiger partial charge < -0.3 is 0 Å². The summed E-state index contributed by atoms with van der Waals surface area (Å²) in [6.45, 7) is 4.64. The molecule has 0 saturated heterocycles. The molecule has 0 nitrogen and oxygen atoms in total. The van der Waals surface area contributed by atoms with Gasteiger partial charge in [0.2, 0.25) is 0 Å². The monoisotopic (exact) mass is 630 g/mol. The summed E-state index contributed by atoms with van der Waals surface area (Å²) in [5, 5.41) is 10.5. The third-order valence-electron chi connectivity index (χ3n) is 10.3. The maximum atomic E-state index is 2.42. The molecule has 0 heteroatoms. The minimum absolute atomic E-state index is 1.04. The lowest BCUT2D eigenvalue weighted by atomic mass is 9.82. The van der Waals surface area contributed by atoms with Gasteiger partial charge in [-0.15, -0.1) is 0 Å². The third kappa shape index (κ3) is 5.62. The van der Waals surface area contributed by atoms with Crippen LogP contribution in [0.15, 0.2) is 158 Å². The van der Waals surface area contributed by atoms with E-state index in [9.17, 15) is 0 Å². The quantitative estimate of drug-likeness (QED) is 0.139. The number of unbranched alkanes of at least 4 members (excludes halogenated alkanes) is 1. The molecule has 8 aromatic rings. The van der Waals surface area contributed by atoms with Crippen LogP contribution in [0.5, 0.6) is 0 Å². The second-order valence-corrected chi connectivity index (χ2v) is 13.3. The molecular formula is C49H42. The number of rotatable bonds is 9. The molecular weight excluding hydrogens is 589 g/mol. The highest BCUT2D eigenvalue weighted by atomic mass is 14.2. The average molecular weight is 631 g/mol. The molecule has 0 atom stereocenters. The van der Waals surface area contributed by atoms with Gasteiger partial charge in [0, 0.05) is 0 Å². The Morgan fingerprint density at radius 2 is 0.714 bits per heavy atom. The van der Waals surface area contributed by atoms with Crippen molar-refractivity contribution in [2.75, 3.05) is 0 Å². The van der Waals surface area contributed by atoms with Gasteiger partial charge in [-0.2, -0.15) is 0 Å². The van der Waals surface area contributed by atoms with Crippen molar-refractivity contribution in [1.82, 2.24) is 0 Å². The normalized spacial score (nSPS) is 12.2. The largest absolute Gasteiger partial charge is 0.0654 e. The number of allylic oxidation sites excluding steroid dienone is 2. The standard InChI is InChI=1S/C49H42/c1-3-5-21-41(49-33-32-48(44-26-12-13-27-45(44)49)40-29-15-20-35-18-7-9-23-37(35)40)38(16-4-2)46-30-31-47(43-25-11-10-24-42(43)46)39-28-14-19-34-17-6-8-22-36(34)39/h6-15,17-20,22-33H,3-5,16,21H2,1-2H3. The van der Waals surface area contributed by atoms with Crippen LogP contribution in [0.25, 0.3) is 76.5 Å². The van der Waals surface area contributed by atoms with E-state index in [2.05, 4.69) is 172 Å². The SMILES string of the molecule is CCCCC(=C(CCC)c1ccc(-c2cccc3ccccc23)c2ccccc12)c1ccc(-c2cccc3ccccc23)c2ccccc12. The second-order valence-electron chi connectivity index (χ2n) is 13.3. The van der Waals surface area contributed by atoms with Gasteiger partial charge in [0.15, 0.2) is 0 Å². The Morgan fingerprint density at radius 3 is 1.18 bits per heavy atom. The van der Waals surface area contributed by atoms with E-state index in [0.717, 1.165) is 32.1 Å². The molecule has 0 spiro atoms. The van der Waals surface area contributed by atoms with Gasteiger partial charge in [-0.25, -0.2) is 0 Å². The van der Waals surface area contributed by atoms with E-state index >= 15 is 0 Å². The van der Waals surface area contributed by atoms with Crippen LogP contribution in [-0.4, -0.2) is 0 Å². The smallest absolute Gasteiger partial charge is 0.00987 e. The number of hydrogen-bond acceptors (Lipinski definition) is 0. The Morgan fingerprint density at radius 1 is 0.327 bits per heavy atom. The van der Waals surface area contributed by atoms with Crippen molar-refractivity contribution < 1.29 is 0 Å². The Balaban J connectivity index is 1.37. The molecule has 0 amide bonds.